The van der Waals surface area contributed by atoms with Gasteiger partial charge in [-0.15, -0.1) is 0 Å². The van der Waals surface area contributed by atoms with Crippen LogP contribution >= 0.6 is 7.81 Å². The first kappa shape index (κ1) is 19.1. The molecule has 3 rings (SSSR count). The van der Waals surface area contributed by atoms with Crippen LogP contribution < -0.4 is 4.57 Å². The van der Waals surface area contributed by atoms with Crippen LogP contribution in [0.15, 0.2) is 54.6 Å². The van der Waals surface area contributed by atoms with Gasteiger partial charge in [-0.1, -0.05) is 42.5 Å². The SMILES string of the molecule is Cc1nc(-c2ccccc2)c2ccccc2[n+]1C.F[P-](F)(F)(F)(F)F. The van der Waals surface area contributed by atoms with Crippen LogP contribution in [0.3, 0.4) is 0 Å². The van der Waals surface area contributed by atoms with E-state index in [0.29, 0.717) is 0 Å². The van der Waals surface area contributed by atoms with Gasteiger partial charge < -0.3 is 0 Å². The van der Waals surface area contributed by atoms with E-state index in [1.807, 2.05) is 25.1 Å². The molecule has 3 aromatic rings. The summed E-state index contributed by atoms with van der Waals surface area (Å²) < 4.78 is 61.3. The number of para-hydroxylation sites is 1. The molecule has 0 amide bonds. The van der Waals surface area contributed by atoms with Gasteiger partial charge in [-0.25, -0.2) is 4.57 Å². The number of hydrogen-bond donors (Lipinski definition) is 0. The second-order valence-corrected chi connectivity index (χ2v) is 7.32. The van der Waals surface area contributed by atoms with Gasteiger partial charge in [0, 0.05) is 12.5 Å². The Morgan fingerprint density at radius 3 is 1.84 bits per heavy atom. The van der Waals surface area contributed by atoms with Gasteiger partial charge >= 0.3 is 33.0 Å². The molecule has 0 spiro atoms. The zero-order chi connectivity index (χ0) is 18.9. The molecule has 1 aromatic heterocycles. The van der Waals surface area contributed by atoms with Gasteiger partial charge in [0.1, 0.15) is 5.52 Å². The molecule has 0 radical (unpaired) electrons. The van der Waals surface area contributed by atoms with Gasteiger partial charge in [0.05, 0.1) is 12.4 Å². The Labute approximate surface area is 140 Å². The first-order chi connectivity index (χ1) is 11.2. The first-order valence-electron chi connectivity index (χ1n) is 7.09. The van der Waals surface area contributed by atoms with Crippen LogP contribution in [0.4, 0.5) is 25.2 Å². The van der Waals surface area contributed by atoms with E-state index in [-0.39, 0.29) is 0 Å². The molecule has 0 atom stereocenters. The molecule has 1 heterocycles. The molecular weight excluding hydrogens is 365 g/mol. The molecule has 0 aliphatic carbocycles. The Balaban J connectivity index is 0.000000277. The molecule has 136 valence electrons. The average molecular weight is 380 g/mol. The summed E-state index contributed by atoms with van der Waals surface area (Å²) in [5.41, 5.74) is 3.43. The minimum atomic E-state index is -10.7. The molecule has 2 nitrogen and oxygen atoms in total. The fourth-order valence-electron chi connectivity index (χ4n) is 2.25. The number of aromatic nitrogens is 2. The number of hydrogen-bond acceptors (Lipinski definition) is 1. The third-order valence-corrected chi connectivity index (χ3v) is 3.33. The predicted molar refractivity (Wildman–Crippen MR) is 86.7 cm³/mol. The van der Waals surface area contributed by atoms with E-state index < -0.39 is 7.81 Å². The second kappa shape index (κ2) is 5.66. The molecule has 0 saturated carbocycles. The van der Waals surface area contributed by atoms with Crippen LogP contribution in [0.1, 0.15) is 5.82 Å². The summed E-state index contributed by atoms with van der Waals surface area (Å²) >= 11 is 0. The van der Waals surface area contributed by atoms with E-state index in [9.17, 15) is 25.2 Å². The molecule has 9 heteroatoms. The van der Waals surface area contributed by atoms with Crippen LogP contribution in [-0.2, 0) is 7.05 Å². The third-order valence-electron chi connectivity index (χ3n) is 3.33. The standard InChI is InChI=1S/C16H15N2.F6P/c1-12-17-16(13-8-4-3-5-9-13)14-10-6-7-11-15(14)18(12)2;1-7(2,3,4,5)6/h3-11H,1-2H3;/q+1;-1. The number of nitrogens with zero attached hydrogens (tertiary/aromatic N) is 2. The van der Waals surface area contributed by atoms with Gasteiger partial charge in [0.25, 0.3) is 5.82 Å². The molecular formula is C16H15F6N2P. The van der Waals surface area contributed by atoms with Crippen molar-refractivity contribution in [1.29, 1.82) is 0 Å². The summed E-state index contributed by atoms with van der Waals surface area (Å²) in [5.74, 6) is 1.02. The maximum absolute atomic E-state index is 10.7. The normalized spacial score (nSPS) is 14.2. The fourth-order valence-corrected chi connectivity index (χ4v) is 2.25. The van der Waals surface area contributed by atoms with Crippen molar-refractivity contribution in [2.24, 2.45) is 7.05 Å². The monoisotopic (exact) mass is 380 g/mol. The Morgan fingerprint density at radius 2 is 1.28 bits per heavy atom. The first-order valence-corrected chi connectivity index (χ1v) is 9.12. The van der Waals surface area contributed by atoms with Crippen molar-refractivity contribution in [3.8, 4) is 11.3 Å². The van der Waals surface area contributed by atoms with Gasteiger partial charge in [-0.05, 0) is 17.1 Å². The van der Waals surface area contributed by atoms with Gasteiger partial charge in [0.15, 0.2) is 5.69 Å². The van der Waals surface area contributed by atoms with Crippen molar-refractivity contribution >= 4 is 18.7 Å². The molecule has 0 fully saturated rings. The van der Waals surface area contributed by atoms with Gasteiger partial charge in [0.2, 0.25) is 0 Å². The number of rotatable bonds is 1. The number of aryl methyl sites for hydroxylation is 2. The maximum atomic E-state index is 9.87. The number of halogens is 6. The Hall–Kier alpha value is -2.21. The summed E-state index contributed by atoms with van der Waals surface area (Å²) in [7, 11) is -8.60. The van der Waals surface area contributed by atoms with Crippen LogP contribution in [-0.4, -0.2) is 4.98 Å². The van der Waals surface area contributed by atoms with E-state index in [1.54, 1.807) is 0 Å². The van der Waals surface area contributed by atoms with Crippen molar-refractivity contribution in [2.75, 3.05) is 0 Å². The second-order valence-electron chi connectivity index (χ2n) is 5.41. The van der Waals surface area contributed by atoms with Crippen molar-refractivity contribution in [3.63, 3.8) is 0 Å². The van der Waals surface area contributed by atoms with E-state index >= 15 is 0 Å². The third kappa shape index (κ3) is 6.31. The molecule has 2 aromatic carbocycles. The molecule has 0 unspecified atom stereocenters. The van der Waals surface area contributed by atoms with Crippen LogP contribution in [0.5, 0.6) is 0 Å². The van der Waals surface area contributed by atoms with Gasteiger partial charge in [-0.3, -0.25) is 0 Å². The quantitative estimate of drug-likeness (QED) is 0.271. The van der Waals surface area contributed by atoms with Crippen molar-refractivity contribution in [2.45, 2.75) is 6.92 Å². The topological polar surface area (TPSA) is 16.8 Å². The van der Waals surface area contributed by atoms with E-state index in [4.69, 9.17) is 4.98 Å². The number of benzene rings is 2. The summed E-state index contributed by atoms with van der Waals surface area (Å²) in [5, 5.41) is 1.19. The molecule has 0 N–H and O–H groups in total. The van der Waals surface area contributed by atoms with Crippen LogP contribution in [0.25, 0.3) is 22.2 Å². The molecule has 0 aliphatic heterocycles. The predicted octanol–water partition coefficient (Wildman–Crippen LogP) is 6.42. The van der Waals surface area contributed by atoms with Crippen LogP contribution in [0, 0.1) is 6.92 Å². The average Bonchev–Trinajstić information content (AvgIpc) is 2.49. The minimum absolute atomic E-state index is 1.02. The fraction of sp³-hybridized carbons (Fsp3) is 0.125. The van der Waals surface area contributed by atoms with Crippen molar-refractivity contribution < 1.29 is 29.7 Å². The summed E-state index contributed by atoms with van der Waals surface area (Å²) in [4.78, 5) is 4.73. The zero-order valence-corrected chi connectivity index (χ0v) is 14.2. The van der Waals surface area contributed by atoms with Crippen molar-refractivity contribution in [1.82, 2.24) is 4.98 Å². The Morgan fingerprint density at radius 1 is 0.800 bits per heavy atom. The van der Waals surface area contributed by atoms with Crippen LogP contribution in [0.2, 0.25) is 0 Å². The molecule has 25 heavy (non-hydrogen) atoms. The van der Waals surface area contributed by atoms with Gasteiger partial charge in [-0.2, -0.15) is 0 Å². The molecule has 0 saturated heterocycles. The zero-order valence-electron chi connectivity index (χ0n) is 13.3. The summed E-state index contributed by atoms with van der Waals surface area (Å²) in [6.45, 7) is 2.04. The Kier molecular flexibility index (Phi) is 4.33. The van der Waals surface area contributed by atoms with Crippen molar-refractivity contribution in [3.05, 3.63) is 60.4 Å². The van der Waals surface area contributed by atoms with E-state index in [1.165, 1.54) is 10.9 Å². The summed E-state index contributed by atoms with van der Waals surface area (Å²) in [6.07, 6.45) is 0. The summed E-state index contributed by atoms with van der Waals surface area (Å²) in [6, 6.07) is 18.7. The molecule has 0 bridgehead atoms. The Bertz CT molecular complexity index is 897. The van der Waals surface area contributed by atoms with E-state index in [2.05, 4.69) is 48.0 Å². The van der Waals surface area contributed by atoms with E-state index in [0.717, 1.165) is 17.1 Å². The molecule has 0 aliphatic rings. The number of fused-ring (bicyclic) bond motifs is 1.